The Morgan fingerprint density at radius 2 is 2.03 bits per heavy atom. The number of pyridine rings is 1. The molecule has 0 spiro atoms. The lowest BCUT2D eigenvalue weighted by Gasteiger charge is -2.46. The first-order chi connectivity index (χ1) is 13.9. The number of nitrogens with one attached hydrogen (secondary N) is 1. The summed E-state index contributed by atoms with van der Waals surface area (Å²) in [5.74, 6) is 0.621. The molecular formula is C21H29N5O4. The highest BCUT2D eigenvalue weighted by molar-refractivity contribution is 5.73. The van der Waals surface area contributed by atoms with Crippen molar-refractivity contribution in [3.05, 3.63) is 24.3 Å². The Labute approximate surface area is 175 Å². The van der Waals surface area contributed by atoms with Crippen LogP contribution in [-0.4, -0.2) is 55.9 Å². The Kier molecular flexibility index (Phi) is 5.71. The molecule has 0 bridgehead atoms. The molecule has 1 aliphatic rings. The number of likely N-dealkylation sites (tertiary alicyclic amines) is 1. The monoisotopic (exact) mass is 415 g/mol. The molecule has 3 heterocycles. The van der Waals surface area contributed by atoms with Crippen molar-refractivity contribution in [2.45, 2.75) is 77.4 Å². The van der Waals surface area contributed by atoms with Crippen molar-refractivity contribution in [3.8, 4) is 0 Å². The maximum absolute atomic E-state index is 12.7. The minimum atomic E-state index is -0.874. The van der Waals surface area contributed by atoms with Gasteiger partial charge in [-0.1, -0.05) is 0 Å². The van der Waals surface area contributed by atoms with Crippen molar-refractivity contribution >= 4 is 23.2 Å². The van der Waals surface area contributed by atoms with Gasteiger partial charge in [0.05, 0.1) is 17.3 Å². The van der Waals surface area contributed by atoms with Crippen LogP contribution in [0.4, 0.5) is 4.79 Å². The van der Waals surface area contributed by atoms with Crippen molar-refractivity contribution < 1.29 is 19.1 Å². The number of isocyanates is 1. The first-order valence-electron chi connectivity index (χ1n) is 9.99. The summed E-state index contributed by atoms with van der Waals surface area (Å²) in [6.07, 6.45) is 4.36. The van der Waals surface area contributed by atoms with E-state index in [4.69, 9.17) is 14.5 Å². The molecule has 1 N–H and O–H groups in total. The summed E-state index contributed by atoms with van der Waals surface area (Å²) >= 11 is 0. The van der Waals surface area contributed by atoms with E-state index in [1.807, 2.05) is 26.8 Å². The van der Waals surface area contributed by atoms with Crippen molar-refractivity contribution in [2.24, 2.45) is 4.99 Å². The van der Waals surface area contributed by atoms with E-state index in [-0.39, 0.29) is 13.0 Å². The maximum atomic E-state index is 12.7. The number of aliphatic imine (C=N–C) groups is 1. The summed E-state index contributed by atoms with van der Waals surface area (Å²) < 4.78 is 12.0. The normalized spacial score (nSPS) is 22.6. The zero-order valence-electron chi connectivity index (χ0n) is 18.4. The van der Waals surface area contributed by atoms with Gasteiger partial charge in [0.15, 0.2) is 0 Å². The number of rotatable bonds is 3. The van der Waals surface area contributed by atoms with Gasteiger partial charge in [0, 0.05) is 25.6 Å². The summed E-state index contributed by atoms with van der Waals surface area (Å²) in [5.41, 5.74) is -0.479. The topological polar surface area (TPSA) is 110 Å². The number of hydrogen-bond acceptors (Lipinski definition) is 7. The van der Waals surface area contributed by atoms with Crippen LogP contribution in [0.2, 0.25) is 0 Å². The Bertz CT molecular complexity index is 935. The lowest BCUT2D eigenvalue weighted by atomic mass is 9.87. The van der Waals surface area contributed by atoms with E-state index in [1.54, 1.807) is 39.2 Å². The van der Waals surface area contributed by atoms with Gasteiger partial charge < -0.3 is 14.5 Å². The Hall–Kier alpha value is -2.77. The number of imidazole rings is 1. The molecule has 0 aliphatic carbocycles. The van der Waals surface area contributed by atoms with E-state index in [2.05, 4.69) is 15.0 Å². The average molecular weight is 415 g/mol. The fraction of sp³-hybridized carbons (Fsp3) is 0.619. The molecule has 162 valence electrons. The number of fused-ring (bicyclic) bond motifs is 1. The van der Waals surface area contributed by atoms with Crippen molar-refractivity contribution in [3.63, 3.8) is 0 Å². The van der Waals surface area contributed by atoms with E-state index >= 15 is 0 Å². The molecule has 0 radical (unpaired) electrons. The predicted molar refractivity (Wildman–Crippen MR) is 110 cm³/mol. The lowest BCUT2D eigenvalue weighted by Crippen LogP contribution is -2.54. The fourth-order valence-electron chi connectivity index (χ4n) is 3.68. The number of carbonyl (C=O) groups is 1. The van der Waals surface area contributed by atoms with Crippen LogP contribution < -0.4 is 0 Å². The van der Waals surface area contributed by atoms with Crippen molar-refractivity contribution in [1.82, 2.24) is 19.9 Å². The summed E-state index contributed by atoms with van der Waals surface area (Å²) in [7, 11) is 0. The van der Waals surface area contributed by atoms with E-state index in [0.29, 0.717) is 12.2 Å². The Balaban J connectivity index is 2.00. The highest BCUT2D eigenvalue weighted by Crippen LogP contribution is 2.42. The van der Waals surface area contributed by atoms with E-state index in [0.717, 1.165) is 11.0 Å². The molecule has 0 aromatic carbocycles. The SMILES string of the molecule is CC(C)(C)OC(=O)N1CCC(OC(C)(C)C)(c2nc3cnccc3[nH]2)CC1N=C=O. The highest BCUT2D eigenvalue weighted by atomic mass is 16.6. The molecule has 2 atom stereocenters. The molecule has 1 fully saturated rings. The second-order valence-electron chi connectivity index (χ2n) is 9.52. The molecule has 1 amide bonds. The first kappa shape index (κ1) is 21.9. The number of aromatic amines is 1. The Morgan fingerprint density at radius 1 is 1.30 bits per heavy atom. The molecule has 2 aromatic rings. The smallest absolute Gasteiger partial charge is 0.412 e. The van der Waals surface area contributed by atoms with Crippen molar-refractivity contribution in [1.29, 1.82) is 0 Å². The minimum absolute atomic E-state index is 0.242. The summed E-state index contributed by atoms with van der Waals surface area (Å²) in [6, 6.07) is 1.84. The van der Waals surface area contributed by atoms with Crippen LogP contribution in [-0.2, 0) is 19.9 Å². The second-order valence-corrected chi connectivity index (χ2v) is 9.52. The number of ether oxygens (including phenoxy) is 2. The van der Waals surface area contributed by atoms with Gasteiger partial charge in [-0.05, 0) is 47.6 Å². The van der Waals surface area contributed by atoms with Crippen LogP contribution in [0.25, 0.3) is 11.0 Å². The fourth-order valence-corrected chi connectivity index (χ4v) is 3.68. The second kappa shape index (κ2) is 7.81. The van der Waals surface area contributed by atoms with Crippen LogP contribution in [0, 0.1) is 0 Å². The first-order valence-corrected chi connectivity index (χ1v) is 9.99. The molecule has 9 heteroatoms. The van der Waals surface area contributed by atoms with Crippen molar-refractivity contribution in [2.75, 3.05) is 6.54 Å². The number of H-pyrrole nitrogens is 1. The molecule has 2 aromatic heterocycles. The standard InChI is InChI=1S/C21H29N5O4/c1-19(2,3)29-18(28)26-10-8-21(30-20(4,5)6,11-16(26)23-13-27)17-24-14-7-9-22-12-15(14)25-17/h7,9,12,16H,8,10-11H2,1-6H3,(H,24,25). The van der Waals surface area contributed by atoms with Gasteiger partial charge in [-0.15, -0.1) is 0 Å². The van der Waals surface area contributed by atoms with Crippen LogP contribution in [0.15, 0.2) is 23.5 Å². The molecule has 1 saturated heterocycles. The van der Waals surface area contributed by atoms with Crippen LogP contribution >= 0.6 is 0 Å². The zero-order chi connectivity index (χ0) is 22.2. The molecule has 9 nitrogen and oxygen atoms in total. The van der Waals surface area contributed by atoms with Gasteiger partial charge in [0.25, 0.3) is 0 Å². The molecule has 30 heavy (non-hydrogen) atoms. The third-order valence-corrected chi connectivity index (χ3v) is 4.68. The van der Waals surface area contributed by atoms with Crippen LogP contribution in [0.5, 0.6) is 0 Å². The quantitative estimate of drug-likeness (QED) is 0.605. The van der Waals surface area contributed by atoms with E-state index in [9.17, 15) is 9.59 Å². The lowest BCUT2D eigenvalue weighted by molar-refractivity contribution is -0.173. The summed E-state index contributed by atoms with van der Waals surface area (Å²) in [4.78, 5) is 41.4. The predicted octanol–water partition coefficient (Wildman–Crippen LogP) is 3.66. The van der Waals surface area contributed by atoms with Gasteiger partial charge >= 0.3 is 6.09 Å². The minimum Gasteiger partial charge on any atom is -0.444 e. The molecule has 3 rings (SSSR count). The van der Waals surface area contributed by atoms with Gasteiger partial charge in [-0.2, -0.15) is 4.99 Å². The number of piperidine rings is 1. The van der Waals surface area contributed by atoms with Crippen LogP contribution in [0.3, 0.4) is 0 Å². The third-order valence-electron chi connectivity index (χ3n) is 4.68. The number of hydrogen-bond donors (Lipinski definition) is 1. The molecule has 1 aliphatic heterocycles. The summed E-state index contributed by atoms with van der Waals surface area (Å²) in [5, 5.41) is 0. The zero-order valence-corrected chi connectivity index (χ0v) is 18.4. The molecular weight excluding hydrogens is 386 g/mol. The molecule has 2 unspecified atom stereocenters. The van der Waals surface area contributed by atoms with Gasteiger partial charge in [-0.3, -0.25) is 9.88 Å². The van der Waals surface area contributed by atoms with E-state index < -0.39 is 29.1 Å². The number of aromatic nitrogens is 3. The largest absolute Gasteiger partial charge is 0.444 e. The third kappa shape index (κ3) is 4.86. The number of amides is 1. The maximum Gasteiger partial charge on any atom is 0.412 e. The summed E-state index contributed by atoms with van der Waals surface area (Å²) in [6.45, 7) is 11.5. The highest BCUT2D eigenvalue weighted by Gasteiger charge is 2.48. The molecule has 0 saturated carbocycles. The average Bonchev–Trinajstić information content (AvgIpc) is 3.04. The number of nitrogens with zero attached hydrogens (tertiary/aromatic N) is 4. The van der Waals surface area contributed by atoms with E-state index in [1.165, 1.54) is 4.90 Å². The number of carbonyl (C=O) groups excluding carboxylic acids is 2. The van der Waals surface area contributed by atoms with Gasteiger partial charge in [0.1, 0.15) is 28.7 Å². The van der Waals surface area contributed by atoms with Crippen LogP contribution in [0.1, 0.15) is 60.2 Å². The Morgan fingerprint density at radius 3 is 2.63 bits per heavy atom. The van der Waals surface area contributed by atoms with Gasteiger partial charge in [0.2, 0.25) is 6.08 Å². The van der Waals surface area contributed by atoms with Gasteiger partial charge in [-0.25, -0.2) is 14.6 Å².